The summed E-state index contributed by atoms with van der Waals surface area (Å²) in [5.74, 6) is 1.86. The van der Waals surface area contributed by atoms with Crippen LogP contribution >= 0.6 is 0 Å². The number of likely N-dealkylation sites (tertiary alicyclic amines) is 1. The summed E-state index contributed by atoms with van der Waals surface area (Å²) in [4.78, 5) is 5.11. The molecule has 0 aromatic carbocycles. The van der Waals surface area contributed by atoms with Crippen LogP contribution in [-0.2, 0) is 0 Å². The molecule has 1 aliphatic heterocycles. The zero-order valence-electron chi connectivity index (χ0n) is 14.6. The molecule has 0 aromatic rings. The fourth-order valence-electron chi connectivity index (χ4n) is 4.67. The Morgan fingerprint density at radius 2 is 1.67 bits per heavy atom. The third-order valence-electron chi connectivity index (χ3n) is 6.02. The molecule has 0 amide bonds. The number of hydrogen-bond acceptors (Lipinski definition) is 3. The lowest BCUT2D eigenvalue weighted by Gasteiger charge is -2.50. The molecule has 0 unspecified atom stereocenters. The zero-order chi connectivity index (χ0) is 15.3. The van der Waals surface area contributed by atoms with Crippen LogP contribution < -0.4 is 5.73 Å². The van der Waals surface area contributed by atoms with Gasteiger partial charge in [-0.3, -0.25) is 4.90 Å². The predicted molar refractivity (Wildman–Crippen MR) is 91.5 cm³/mol. The van der Waals surface area contributed by atoms with Crippen molar-refractivity contribution in [1.29, 1.82) is 0 Å². The molecule has 0 bridgehead atoms. The minimum Gasteiger partial charge on any atom is -0.329 e. The first kappa shape index (κ1) is 17.2. The number of piperidine rings is 1. The Bertz CT molecular complexity index is 287. The van der Waals surface area contributed by atoms with E-state index >= 15 is 0 Å². The van der Waals surface area contributed by atoms with Crippen LogP contribution in [0, 0.1) is 11.8 Å². The lowest BCUT2D eigenvalue weighted by molar-refractivity contribution is 0.0118. The van der Waals surface area contributed by atoms with Crippen molar-refractivity contribution in [1.82, 2.24) is 9.80 Å². The topological polar surface area (TPSA) is 32.5 Å². The fourth-order valence-corrected chi connectivity index (χ4v) is 4.67. The molecule has 0 atom stereocenters. The molecule has 0 spiro atoms. The van der Waals surface area contributed by atoms with Crippen LogP contribution in [0.25, 0.3) is 0 Å². The Hall–Kier alpha value is -0.120. The highest BCUT2D eigenvalue weighted by molar-refractivity contribution is 4.97. The molecule has 1 heterocycles. The molecule has 2 aliphatic rings. The Labute approximate surface area is 132 Å². The monoisotopic (exact) mass is 295 g/mol. The van der Waals surface area contributed by atoms with E-state index in [4.69, 9.17) is 5.73 Å². The molecule has 1 aliphatic carbocycles. The van der Waals surface area contributed by atoms with Crippen LogP contribution in [0.4, 0.5) is 0 Å². The molecule has 0 radical (unpaired) electrons. The quantitative estimate of drug-likeness (QED) is 0.818. The van der Waals surface area contributed by atoms with Crippen molar-refractivity contribution >= 4 is 0 Å². The molecule has 2 rings (SSSR count). The molecule has 2 fully saturated rings. The lowest BCUT2D eigenvalue weighted by atomic mass is 9.73. The van der Waals surface area contributed by atoms with E-state index in [0.717, 1.165) is 18.4 Å². The molecule has 1 saturated heterocycles. The van der Waals surface area contributed by atoms with Gasteiger partial charge in [0.05, 0.1) is 0 Å². The van der Waals surface area contributed by atoms with Crippen LogP contribution in [0.15, 0.2) is 0 Å². The van der Waals surface area contributed by atoms with Gasteiger partial charge in [-0.2, -0.15) is 0 Å². The molecule has 1 saturated carbocycles. The minimum absolute atomic E-state index is 0.341. The Morgan fingerprint density at radius 3 is 2.14 bits per heavy atom. The highest BCUT2D eigenvalue weighted by atomic mass is 15.2. The lowest BCUT2D eigenvalue weighted by Crippen LogP contribution is -2.58. The maximum Gasteiger partial charge on any atom is 0.0331 e. The zero-order valence-corrected chi connectivity index (χ0v) is 14.6. The summed E-state index contributed by atoms with van der Waals surface area (Å²) in [6.07, 6.45) is 11.0. The minimum atomic E-state index is 0.341. The maximum absolute atomic E-state index is 6.25. The van der Waals surface area contributed by atoms with E-state index < -0.39 is 0 Å². The average molecular weight is 296 g/mol. The van der Waals surface area contributed by atoms with Crippen molar-refractivity contribution in [3.8, 4) is 0 Å². The Balaban J connectivity index is 1.85. The van der Waals surface area contributed by atoms with E-state index in [1.165, 1.54) is 71.0 Å². The Morgan fingerprint density at radius 1 is 1.05 bits per heavy atom. The second-order valence-corrected chi connectivity index (χ2v) is 7.85. The molecule has 124 valence electrons. The largest absolute Gasteiger partial charge is 0.329 e. The van der Waals surface area contributed by atoms with E-state index in [-0.39, 0.29) is 0 Å². The molecule has 21 heavy (non-hydrogen) atoms. The molecular weight excluding hydrogens is 258 g/mol. The third-order valence-corrected chi connectivity index (χ3v) is 6.02. The first-order valence-corrected chi connectivity index (χ1v) is 9.19. The van der Waals surface area contributed by atoms with Gasteiger partial charge in [-0.15, -0.1) is 0 Å². The van der Waals surface area contributed by atoms with Gasteiger partial charge in [-0.1, -0.05) is 19.8 Å². The van der Waals surface area contributed by atoms with Gasteiger partial charge < -0.3 is 10.6 Å². The number of nitrogens with zero attached hydrogens (tertiary/aromatic N) is 2. The summed E-state index contributed by atoms with van der Waals surface area (Å²) < 4.78 is 0. The van der Waals surface area contributed by atoms with Gasteiger partial charge >= 0.3 is 0 Å². The third kappa shape index (κ3) is 4.43. The molecular formula is C18H37N3. The van der Waals surface area contributed by atoms with Crippen molar-refractivity contribution < 1.29 is 0 Å². The van der Waals surface area contributed by atoms with E-state index in [9.17, 15) is 0 Å². The van der Waals surface area contributed by atoms with Gasteiger partial charge in [0, 0.05) is 18.6 Å². The first-order chi connectivity index (χ1) is 10.1. The van der Waals surface area contributed by atoms with E-state index in [1.807, 2.05) is 0 Å². The highest BCUT2D eigenvalue weighted by Crippen LogP contribution is 2.39. The summed E-state index contributed by atoms with van der Waals surface area (Å²) in [5.41, 5.74) is 6.59. The summed E-state index contributed by atoms with van der Waals surface area (Å²) in [5, 5.41) is 0. The van der Waals surface area contributed by atoms with Gasteiger partial charge in [0.2, 0.25) is 0 Å². The first-order valence-electron chi connectivity index (χ1n) is 9.19. The van der Waals surface area contributed by atoms with Crippen LogP contribution in [0.3, 0.4) is 0 Å². The van der Waals surface area contributed by atoms with Crippen LogP contribution in [0.5, 0.6) is 0 Å². The molecule has 3 nitrogen and oxygen atoms in total. The second-order valence-electron chi connectivity index (χ2n) is 7.85. The highest BCUT2D eigenvalue weighted by Gasteiger charge is 2.40. The van der Waals surface area contributed by atoms with Crippen molar-refractivity contribution in [3.63, 3.8) is 0 Å². The van der Waals surface area contributed by atoms with Gasteiger partial charge in [-0.05, 0) is 77.5 Å². The van der Waals surface area contributed by atoms with Crippen LogP contribution in [0.1, 0.15) is 58.3 Å². The standard InChI is InChI=1S/C18H37N3/c1-4-5-16-6-10-18(15-19,11-7-16)21-12-8-17(9-13-21)14-20(2)3/h16-17H,4-15,19H2,1-3H3. The van der Waals surface area contributed by atoms with Crippen LogP contribution in [0.2, 0.25) is 0 Å². The van der Waals surface area contributed by atoms with Gasteiger partial charge in [0.25, 0.3) is 0 Å². The molecule has 3 heteroatoms. The van der Waals surface area contributed by atoms with E-state index in [0.29, 0.717) is 5.54 Å². The second kappa shape index (κ2) is 7.94. The summed E-state index contributed by atoms with van der Waals surface area (Å²) in [6, 6.07) is 0. The number of nitrogens with two attached hydrogens (primary N) is 1. The van der Waals surface area contributed by atoms with Gasteiger partial charge in [0.15, 0.2) is 0 Å². The smallest absolute Gasteiger partial charge is 0.0331 e. The van der Waals surface area contributed by atoms with Crippen molar-refractivity contribution in [3.05, 3.63) is 0 Å². The van der Waals surface area contributed by atoms with E-state index in [2.05, 4.69) is 30.8 Å². The number of rotatable bonds is 6. The van der Waals surface area contributed by atoms with Crippen molar-refractivity contribution in [2.24, 2.45) is 17.6 Å². The normalized spacial score (nSPS) is 32.7. The van der Waals surface area contributed by atoms with Crippen molar-refractivity contribution in [2.45, 2.75) is 63.8 Å². The number of hydrogen-bond donors (Lipinski definition) is 1. The SMILES string of the molecule is CCCC1CCC(CN)(N2CCC(CN(C)C)CC2)CC1. The summed E-state index contributed by atoms with van der Waals surface area (Å²) in [7, 11) is 4.39. The maximum atomic E-state index is 6.25. The summed E-state index contributed by atoms with van der Waals surface area (Å²) >= 11 is 0. The van der Waals surface area contributed by atoms with E-state index in [1.54, 1.807) is 0 Å². The van der Waals surface area contributed by atoms with Crippen LogP contribution in [-0.4, -0.2) is 55.6 Å². The fraction of sp³-hybridized carbons (Fsp3) is 1.00. The Kier molecular flexibility index (Phi) is 6.51. The molecule has 0 aromatic heterocycles. The van der Waals surface area contributed by atoms with Gasteiger partial charge in [0.1, 0.15) is 0 Å². The van der Waals surface area contributed by atoms with Crippen molar-refractivity contribution in [2.75, 3.05) is 40.3 Å². The molecule has 2 N–H and O–H groups in total. The predicted octanol–water partition coefficient (Wildman–Crippen LogP) is 2.95. The average Bonchev–Trinajstić information content (AvgIpc) is 2.49. The van der Waals surface area contributed by atoms with Gasteiger partial charge in [-0.25, -0.2) is 0 Å². The summed E-state index contributed by atoms with van der Waals surface area (Å²) in [6.45, 7) is 6.98.